The summed E-state index contributed by atoms with van der Waals surface area (Å²) < 4.78 is 5.49. The number of nitrogens with two attached hydrogens (primary N) is 1. The van der Waals surface area contributed by atoms with Crippen LogP contribution in [0.2, 0.25) is 0 Å². The molecule has 0 spiro atoms. The lowest BCUT2D eigenvalue weighted by molar-refractivity contribution is -0.123. The van der Waals surface area contributed by atoms with E-state index < -0.39 is 0 Å². The molecule has 3 N–H and O–H groups in total. The van der Waals surface area contributed by atoms with Gasteiger partial charge >= 0.3 is 0 Å². The van der Waals surface area contributed by atoms with Crippen molar-refractivity contribution in [3.63, 3.8) is 0 Å². The summed E-state index contributed by atoms with van der Waals surface area (Å²) in [6.45, 7) is 3.65. The number of ether oxygens (including phenoxy) is 1. The Morgan fingerprint density at radius 1 is 1.19 bits per heavy atom. The zero-order valence-corrected chi connectivity index (χ0v) is 11.7. The molecule has 0 aliphatic carbocycles. The molecule has 0 fully saturated rings. The van der Waals surface area contributed by atoms with Gasteiger partial charge in [0.15, 0.2) is 6.61 Å². The summed E-state index contributed by atoms with van der Waals surface area (Å²) in [4.78, 5) is 11.2. The fraction of sp³-hybridized carbons (Fsp3) is 0.118. The van der Waals surface area contributed by atoms with Crippen molar-refractivity contribution in [3.8, 4) is 16.9 Å². The summed E-state index contributed by atoms with van der Waals surface area (Å²) in [5.74, 6) is 5.33. The maximum Gasteiger partial charge on any atom is 0.271 e. The van der Waals surface area contributed by atoms with Crippen LogP contribution >= 0.6 is 0 Å². The van der Waals surface area contributed by atoms with Gasteiger partial charge in [0.2, 0.25) is 0 Å². The van der Waals surface area contributed by atoms with Crippen LogP contribution in [0.3, 0.4) is 0 Å². The second kappa shape index (κ2) is 7.26. The molecular weight excluding hydrogens is 264 g/mol. The molecule has 0 aromatic heterocycles. The Bertz CT molecular complexity index is 624. The van der Waals surface area contributed by atoms with E-state index in [9.17, 15) is 4.79 Å². The number of nitrogens with one attached hydrogen (secondary N) is 1. The standard InChI is InChI=1S/C17H18N2O2/c1-2-6-15-11-14(13-7-4-3-5-8-13)9-10-16(15)21-12-17(20)19-18/h2-5,7-11H,1,6,12,18H2,(H,19,20). The number of hydrogen-bond acceptors (Lipinski definition) is 3. The van der Waals surface area contributed by atoms with Crippen molar-refractivity contribution in [3.05, 3.63) is 66.7 Å². The van der Waals surface area contributed by atoms with E-state index in [0.29, 0.717) is 12.2 Å². The van der Waals surface area contributed by atoms with Gasteiger partial charge in [-0.1, -0.05) is 42.5 Å². The van der Waals surface area contributed by atoms with E-state index in [2.05, 4.69) is 18.7 Å². The number of rotatable bonds is 6. The molecule has 0 unspecified atom stereocenters. The quantitative estimate of drug-likeness (QED) is 0.370. The molecule has 0 radical (unpaired) electrons. The normalized spacial score (nSPS) is 9.95. The van der Waals surface area contributed by atoms with Crippen molar-refractivity contribution in [2.75, 3.05) is 6.61 Å². The van der Waals surface area contributed by atoms with E-state index in [4.69, 9.17) is 10.6 Å². The molecule has 0 heterocycles. The Balaban J connectivity index is 2.26. The Kier molecular flexibility index (Phi) is 5.12. The van der Waals surface area contributed by atoms with Crippen molar-refractivity contribution >= 4 is 5.91 Å². The summed E-state index contributed by atoms with van der Waals surface area (Å²) in [5, 5.41) is 0. The van der Waals surface area contributed by atoms with E-state index in [-0.39, 0.29) is 12.5 Å². The first-order valence-electron chi connectivity index (χ1n) is 6.66. The summed E-state index contributed by atoms with van der Waals surface area (Å²) in [5.41, 5.74) is 5.26. The summed E-state index contributed by atoms with van der Waals surface area (Å²) >= 11 is 0. The monoisotopic (exact) mass is 282 g/mol. The maximum atomic E-state index is 11.2. The highest BCUT2D eigenvalue weighted by molar-refractivity contribution is 5.77. The topological polar surface area (TPSA) is 64.3 Å². The molecule has 0 atom stereocenters. The molecule has 0 aliphatic rings. The van der Waals surface area contributed by atoms with Gasteiger partial charge < -0.3 is 4.74 Å². The minimum absolute atomic E-state index is 0.106. The first-order valence-corrected chi connectivity index (χ1v) is 6.66. The lowest BCUT2D eigenvalue weighted by Crippen LogP contribution is -2.34. The third-order valence-corrected chi connectivity index (χ3v) is 3.05. The number of amides is 1. The van der Waals surface area contributed by atoms with E-state index in [1.807, 2.05) is 41.8 Å². The summed E-state index contributed by atoms with van der Waals surface area (Å²) in [7, 11) is 0. The predicted octanol–water partition coefficient (Wildman–Crippen LogP) is 2.45. The third kappa shape index (κ3) is 3.94. The zero-order valence-electron chi connectivity index (χ0n) is 11.7. The molecule has 0 bridgehead atoms. The van der Waals surface area contributed by atoms with E-state index >= 15 is 0 Å². The fourth-order valence-electron chi connectivity index (χ4n) is 2.03. The van der Waals surface area contributed by atoms with Gasteiger partial charge in [-0.15, -0.1) is 6.58 Å². The van der Waals surface area contributed by atoms with Gasteiger partial charge in [-0.2, -0.15) is 0 Å². The number of hydrogen-bond donors (Lipinski definition) is 2. The SMILES string of the molecule is C=CCc1cc(-c2ccccc2)ccc1OCC(=O)NN. The highest BCUT2D eigenvalue weighted by Crippen LogP contribution is 2.27. The zero-order chi connectivity index (χ0) is 15.1. The number of allylic oxidation sites excluding steroid dienone is 1. The average molecular weight is 282 g/mol. The van der Waals surface area contributed by atoms with Crippen molar-refractivity contribution in [1.82, 2.24) is 5.43 Å². The minimum atomic E-state index is -0.369. The molecule has 2 aromatic carbocycles. The minimum Gasteiger partial charge on any atom is -0.483 e. The number of benzene rings is 2. The Morgan fingerprint density at radius 3 is 2.62 bits per heavy atom. The molecule has 21 heavy (non-hydrogen) atoms. The van der Waals surface area contributed by atoms with Crippen molar-refractivity contribution in [1.29, 1.82) is 0 Å². The largest absolute Gasteiger partial charge is 0.483 e. The van der Waals surface area contributed by atoms with Gasteiger partial charge in [-0.25, -0.2) is 5.84 Å². The third-order valence-electron chi connectivity index (χ3n) is 3.05. The van der Waals surface area contributed by atoms with E-state index in [1.54, 1.807) is 6.08 Å². The lowest BCUT2D eigenvalue weighted by atomic mass is 10.0. The highest BCUT2D eigenvalue weighted by Gasteiger charge is 2.07. The lowest BCUT2D eigenvalue weighted by Gasteiger charge is -2.12. The number of carbonyl (C=O) groups excluding carboxylic acids is 1. The van der Waals surface area contributed by atoms with Crippen LogP contribution in [0.5, 0.6) is 5.75 Å². The molecule has 4 nitrogen and oxygen atoms in total. The van der Waals surface area contributed by atoms with Crippen LogP contribution in [-0.2, 0) is 11.2 Å². The number of carbonyl (C=O) groups is 1. The average Bonchev–Trinajstić information content (AvgIpc) is 2.54. The van der Waals surface area contributed by atoms with Crippen LogP contribution in [0, 0.1) is 0 Å². The summed E-state index contributed by atoms with van der Waals surface area (Å²) in [6.07, 6.45) is 2.47. The molecule has 2 aromatic rings. The van der Waals surface area contributed by atoms with Gasteiger partial charge in [0, 0.05) is 0 Å². The molecule has 2 rings (SSSR count). The predicted molar refractivity (Wildman–Crippen MR) is 83.6 cm³/mol. The van der Waals surface area contributed by atoms with Crippen LogP contribution in [0.25, 0.3) is 11.1 Å². The van der Waals surface area contributed by atoms with Crippen LogP contribution in [-0.4, -0.2) is 12.5 Å². The van der Waals surface area contributed by atoms with Gasteiger partial charge in [0.1, 0.15) is 5.75 Å². The maximum absolute atomic E-state index is 11.2. The Labute approximate surface area is 124 Å². The molecule has 108 valence electrons. The van der Waals surface area contributed by atoms with Gasteiger partial charge in [0.25, 0.3) is 5.91 Å². The molecular formula is C17H18N2O2. The molecule has 1 amide bonds. The molecule has 4 heteroatoms. The van der Waals surface area contributed by atoms with Gasteiger partial charge in [-0.05, 0) is 35.2 Å². The fourth-order valence-corrected chi connectivity index (χ4v) is 2.03. The number of hydrazine groups is 1. The highest BCUT2D eigenvalue weighted by atomic mass is 16.5. The molecule has 0 saturated carbocycles. The summed E-state index contributed by atoms with van der Waals surface area (Å²) in [6, 6.07) is 16.0. The van der Waals surface area contributed by atoms with Gasteiger partial charge in [-0.3, -0.25) is 10.2 Å². The van der Waals surface area contributed by atoms with E-state index in [1.165, 1.54) is 0 Å². The second-order valence-electron chi connectivity index (χ2n) is 4.54. The Hall–Kier alpha value is -2.59. The van der Waals surface area contributed by atoms with Crippen molar-refractivity contribution in [2.24, 2.45) is 5.84 Å². The van der Waals surface area contributed by atoms with Gasteiger partial charge in [0.05, 0.1) is 0 Å². The van der Waals surface area contributed by atoms with Crippen molar-refractivity contribution in [2.45, 2.75) is 6.42 Å². The smallest absolute Gasteiger partial charge is 0.271 e. The first-order chi connectivity index (χ1) is 10.2. The van der Waals surface area contributed by atoms with Crippen LogP contribution in [0.1, 0.15) is 5.56 Å². The van der Waals surface area contributed by atoms with E-state index in [0.717, 1.165) is 16.7 Å². The van der Waals surface area contributed by atoms with Crippen LogP contribution in [0.4, 0.5) is 0 Å². The second-order valence-corrected chi connectivity index (χ2v) is 4.54. The van der Waals surface area contributed by atoms with Crippen LogP contribution < -0.4 is 16.0 Å². The van der Waals surface area contributed by atoms with Crippen molar-refractivity contribution < 1.29 is 9.53 Å². The Morgan fingerprint density at radius 2 is 1.95 bits per heavy atom. The van der Waals surface area contributed by atoms with Crippen LogP contribution in [0.15, 0.2) is 61.2 Å². The molecule has 0 saturated heterocycles. The molecule has 0 aliphatic heterocycles. The first kappa shape index (κ1) is 14.8.